The molecule has 1 aliphatic carbocycles. The van der Waals surface area contributed by atoms with Crippen molar-refractivity contribution in [2.24, 2.45) is 0 Å². The summed E-state index contributed by atoms with van der Waals surface area (Å²) in [5.41, 5.74) is 2.98. The first kappa shape index (κ1) is 14.6. The van der Waals surface area contributed by atoms with Gasteiger partial charge in [0.1, 0.15) is 5.75 Å². The summed E-state index contributed by atoms with van der Waals surface area (Å²) in [5, 5.41) is 4.60. The monoisotopic (exact) mass is 309 g/mol. The highest BCUT2D eigenvalue weighted by molar-refractivity contribution is 8.06. The van der Waals surface area contributed by atoms with Crippen LogP contribution in [0.15, 0.2) is 18.2 Å². The fraction of sp³-hybridized carbons (Fsp3) is 0.625. The molecule has 1 aromatic rings. The van der Waals surface area contributed by atoms with Crippen molar-refractivity contribution in [1.82, 2.24) is 5.32 Å². The van der Waals surface area contributed by atoms with E-state index in [4.69, 9.17) is 4.74 Å². The molecule has 0 bridgehead atoms. The third kappa shape index (κ3) is 3.66. The number of hydrogen-bond acceptors (Lipinski definition) is 4. The SMILES string of the molecule is COc1ccc2c(c1)CC(NCC1CSCCS1)CC2. The first-order valence-corrected chi connectivity index (χ1v) is 9.64. The lowest BCUT2D eigenvalue weighted by molar-refractivity contribution is 0.411. The van der Waals surface area contributed by atoms with Gasteiger partial charge in [-0.15, -0.1) is 0 Å². The maximum Gasteiger partial charge on any atom is 0.119 e. The number of nitrogens with one attached hydrogen (secondary N) is 1. The molecular weight excluding hydrogens is 286 g/mol. The molecule has 1 saturated heterocycles. The minimum Gasteiger partial charge on any atom is -0.497 e. The largest absolute Gasteiger partial charge is 0.497 e. The van der Waals surface area contributed by atoms with Crippen molar-refractivity contribution < 1.29 is 4.74 Å². The molecule has 1 fully saturated rings. The van der Waals surface area contributed by atoms with Crippen LogP contribution in [0.4, 0.5) is 0 Å². The summed E-state index contributed by atoms with van der Waals surface area (Å²) in [6, 6.07) is 7.18. The van der Waals surface area contributed by atoms with Crippen molar-refractivity contribution in [1.29, 1.82) is 0 Å². The van der Waals surface area contributed by atoms with E-state index in [0.717, 1.165) is 17.4 Å². The van der Waals surface area contributed by atoms with Crippen LogP contribution < -0.4 is 10.1 Å². The van der Waals surface area contributed by atoms with E-state index in [2.05, 4.69) is 47.0 Å². The molecule has 1 heterocycles. The third-order valence-electron chi connectivity index (χ3n) is 4.16. The maximum atomic E-state index is 5.34. The van der Waals surface area contributed by atoms with Gasteiger partial charge in [-0.05, 0) is 42.5 Å². The van der Waals surface area contributed by atoms with Crippen LogP contribution in [0.2, 0.25) is 0 Å². The van der Waals surface area contributed by atoms with E-state index in [9.17, 15) is 0 Å². The Morgan fingerprint density at radius 1 is 1.30 bits per heavy atom. The number of aryl methyl sites for hydroxylation is 1. The summed E-state index contributed by atoms with van der Waals surface area (Å²) >= 11 is 4.25. The molecule has 4 heteroatoms. The highest BCUT2D eigenvalue weighted by atomic mass is 32.2. The molecular formula is C16H23NOS2. The number of fused-ring (bicyclic) bond motifs is 1. The molecule has 2 nitrogen and oxygen atoms in total. The highest BCUT2D eigenvalue weighted by Gasteiger charge is 2.21. The zero-order chi connectivity index (χ0) is 13.8. The summed E-state index contributed by atoms with van der Waals surface area (Å²) in [4.78, 5) is 0. The fourth-order valence-electron chi connectivity index (χ4n) is 2.99. The van der Waals surface area contributed by atoms with Crippen molar-refractivity contribution in [3.63, 3.8) is 0 Å². The van der Waals surface area contributed by atoms with Gasteiger partial charge in [-0.25, -0.2) is 0 Å². The topological polar surface area (TPSA) is 21.3 Å². The van der Waals surface area contributed by atoms with E-state index in [0.29, 0.717) is 6.04 Å². The van der Waals surface area contributed by atoms with Crippen LogP contribution in [-0.2, 0) is 12.8 Å². The second-order valence-corrected chi connectivity index (χ2v) is 8.11. The van der Waals surface area contributed by atoms with E-state index < -0.39 is 0 Å². The Balaban J connectivity index is 1.54. The summed E-state index contributed by atoms with van der Waals surface area (Å²) < 4.78 is 5.34. The molecule has 2 atom stereocenters. The number of hydrogen-bond donors (Lipinski definition) is 1. The van der Waals surface area contributed by atoms with E-state index in [-0.39, 0.29) is 0 Å². The minimum absolute atomic E-state index is 0.641. The van der Waals surface area contributed by atoms with Crippen molar-refractivity contribution in [3.05, 3.63) is 29.3 Å². The quantitative estimate of drug-likeness (QED) is 0.922. The van der Waals surface area contributed by atoms with Crippen LogP contribution in [0, 0.1) is 0 Å². The van der Waals surface area contributed by atoms with Gasteiger partial charge in [0.25, 0.3) is 0 Å². The summed E-state index contributed by atoms with van der Waals surface area (Å²) in [6.45, 7) is 1.17. The number of benzene rings is 1. The molecule has 2 aliphatic rings. The zero-order valence-corrected chi connectivity index (χ0v) is 13.7. The molecule has 1 aliphatic heterocycles. The predicted octanol–water partition coefficient (Wildman–Crippen LogP) is 2.99. The van der Waals surface area contributed by atoms with Crippen LogP contribution in [0.5, 0.6) is 5.75 Å². The van der Waals surface area contributed by atoms with Crippen LogP contribution in [0.25, 0.3) is 0 Å². The van der Waals surface area contributed by atoms with Gasteiger partial charge in [0.2, 0.25) is 0 Å². The van der Waals surface area contributed by atoms with Crippen molar-refractivity contribution in [3.8, 4) is 5.75 Å². The van der Waals surface area contributed by atoms with Gasteiger partial charge >= 0.3 is 0 Å². The first-order chi connectivity index (χ1) is 9.85. The predicted molar refractivity (Wildman–Crippen MR) is 90.4 cm³/mol. The Kier molecular flexibility index (Phi) is 5.19. The lowest BCUT2D eigenvalue weighted by Gasteiger charge is -2.29. The Morgan fingerprint density at radius 3 is 3.05 bits per heavy atom. The van der Waals surface area contributed by atoms with Crippen LogP contribution in [-0.4, -0.2) is 42.2 Å². The van der Waals surface area contributed by atoms with Gasteiger partial charge in [-0.2, -0.15) is 23.5 Å². The zero-order valence-electron chi connectivity index (χ0n) is 12.1. The molecule has 0 saturated carbocycles. The minimum atomic E-state index is 0.641. The van der Waals surface area contributed by atoms with Crippen LogP contribution in [0.3, 0.4) is 0 Å². The first-order valence-electron chi connectivity index (χ1n) is 7.43. The Morgan fingerprint density at radius 2 is 2.25 bits per heavy atom. The summed E-state index contributed by atoms with van der Waals surface area (Å²) in [5.74, 6) is 4.96. The van der Waals surface area contributed by atoms with Crippen LogP contribution in [0.1, 0.15) is 17.5 Å². The standard InChI is InChI=1S/C16H23NOS2/c1-18-15-5-3-12-2-4-14(8-13(12)9-15)17-10-16-11-19-6-7-20-16/h3,5,9,14,16-17H,2,4,6-8,10-11H2,1H3. The third-order valence-corrected chi connectivity index (χ3v) is 7.01. The van der Waals surface area contributed by atoms with Crippen molar-refractivity contribution in [2.45, 2.75) is 30.6 Å². The van der Waals surface area contributed by atoms with Gasteiger partial charge in [-0.1, -0.05) is 6.07 Å². The van der Waals surface area contributed by atoms with Crippen molar-refractivity contribution in [2.75, 3.05) is 30.9 Å². The van der Waals surface area contributed by atoms with Crippen molar-refractivity contribution >= 4 is 23.5 Å². The van der Waals surface area contributed by atoms with E-state index in [1.165, 1.54) is 47.8 Å². The molecule has 0 radical (unpaired) electrons. The molecule has 1 aromatic carbocycles. The van der Waals surface area contributed by atoms with Gasteiger partial charge < -0.3 is 10.1 Å². The second kappa shape index (κ2) is 7.10. The number of thioether (sulfide) groups is 2. The lowest BCUT2D eigenvalue weighted by atomic mass is 9.88. The van der Waals surface area contributed by atoms with E-state index >= 15 is 0 Å². The fourth-order valence-corrected chi connectivity index (χ4v) is 5.61. The molecule has 20 heavy (non-hydrogen) atoms. The molecule has 0 amide bonds. The number of methoxy groups -OCH3 is 1. The van der Waals surface area contributed by atoms with E-state index in [1.807, 2.05) is 0 Å². The highest BCUT2D eigenvalue weighted by Crippen LogP contribution is 2.27. The Hall–Kier alpha value is -0.320. The van der Waals surface area contributed by atoms with Gasteiger partial charge in [0, 0.05) is 35.1 Å². The summed E-state index contributed by atoms with van der Waals surface area (Å²) in [7, 11) is 1.75. The van der Waals surface area contributed by atoms with Gasteiger partial charge in [-0.3, -0.25) is 0 Å². The molecule has 0 aromatic heterocycles. The normalized spacial score (nSPS) is 26.1. The maximum absolute atomic E-state index is 5.34. The average molecular weight is 310 g/mol. The average Bonchev–Trinajstić information content (AvgIpc) is 2.53. The molecule has 0 spiro atoms. The second-order valence-electron chi connectivity index (χ2n) is 5.55. The molecule has 3 rings (SSSR count). The smallest absolute Gasteiger partial charge is 0.119 e. The molecule has 2 unspecified atom stereocenters. The van der Waals surface area contributed by atoms with Gasteiger partial charge in [0.05, 0.1) is 7.11 Å². The number of ether oxygens (including phenoxy) is 1. The summed E-state index contributed by atoms with van der Waals surface area (Å²) in [6.07, 6.45) is 3.62. The van der Waals surface area contributed by atoms with E-state index in [1.54, 1.807) is 7.11 Å². The van der Waals surface area contributed by atoms with Crippen LogP contribution >= 0.6 is 23.5 Å². The lowest BCUT2D eigenvalue weighted by Crippen LogP contribution is -2.39. The Bertz CT molecular complexity index is 446. The number of rotatable bonds is 4. The molecule has 110 valence electrons. The van der Waals surface area contributed by atoms with Gasteiger partial charge in [0.15, 0.2) is 0 Å². The molecule has 1 N–H and O–H groups in total. The Labute approximate surface area is 130 Å².